The molecule has 0 aromatic carbocycles. The van der Waals surface area contributed by atoms with Crippen molar-refractivity contribution >= 4 is 30.7 Å². The van der Waals surface area contributed by atoms with E-state index in [-0.39, 0.29) is 42.8 Å². The van der Waals surface area contributed by atoms with Crippen LogP contribution in [0.3, 0.4) is 0 Å². The van der Waals surface area contributed by atoms with E-state index in [0.717, 1.165) is 19.5 Å². The monoisotopic (exact) mass is 280 g/mol. The highest BCUT2D eigenvalue weighted by Crippen LogP contribution is 2.05. The summed E-state index contributed by atoms with van der Waals surface area (Å²) in [6, 6.07) is 1.86. The van der Waals surface area contributed by atoms with Crippen molar-refractivity contribution in [3.63, 3.8) is 0 Å². The van der Waals surface area contributed by atoms with E-state index >= 15 is 0 Å². The molecule has 17 heavy (non-hydrogen) atoms. The molecule has 2 rings (SSSR count). The van der Waals surface area contributed by atoms with Crippen molar-refractivity contribution in [3.8, 4) is 0 Å². The first-order valence-corrected chi connectivity index (χ1v) is 5.27. The Kier molecular flexibility index (Phi) is 7.18. The van der Waals surface area contributed by atoms with E-state index in [9.17, 15) is 4.79 Å². The molecule has 0 aliphatic carbocycles. The largest absolute Gasteiger partial charge is 0.350 e. The second-order valence-electron chi connectivity index (χ2n) is 3.86. The molecule has 1 saturated heterocycles. The van der Waals surface area contributed by atoms with Gasteiger partial charge in [-0.1, -0.05) is 0 Å². The number of nitrogens with one attached hydrogen (secondary N) is 2. The van der Waals surface area contributed by atoms with Gasteiger partial charge in [-0.15, -0.1) is 24.8 Å². The van der Waals surface area contributed by atoms with Crippen LogP contribution < -0.4 is 10.6 Å². The Bertz CT molecular complexity index is 325. The molecular weight excluding hydrogens is 263 g/mol. The molecule has 98 valence electrons. The highest BCUT2D eigenvalue weighted by atomic mass is 35.5. The molecular formula is C10H18Cl2N4O. The van der Waals surface area contributed by atoms with E-state index < -0.39 is 0 Å². The third kappa shape index (κ3) is 4.18. The van der Waals surface area contributed by atoms with E-state index in [1.54, 1.807) is 17.1 Å². The number of hydrogen-bond acceptors (Lipinski definition) is 3. The van der Waals surface area contributed by atoms with Gasteiger partial charge in [-0.3, -0.25) is 9.48 Å². The normalized spacial score (nSPS) is 19.9. The molecule has 0 spiro atoms. The Morgan fingerprint density at radius 3 is 2.88 bits per heavy atom. The van der Waals surface area contributed by atoms with Crippen LogP contribution in [0.5, 0.6) is 0 Å². The van der Waals surface area contributed by atoms with E-state index in [1.165, 1.54) is 0 Å². The fraction of sp³-hybridized carbons (Fsp3) is 0.600. The van der Waals surface area contributed by atoms with Crippen LogP contribution in [0.2, 0.25) is 0 Å². The Morgan fingerprint density at radius 1 is 1.59 bits per heavy atom. The second-order valence-corrected chi connectivity index (χ2v) is 3.86. The summed E-state index contributed by atoms with van der Waals surface area (Å²) in [6.07, 6.45) is 4.50. The molecule has 0 radical (unpaired) electrons. The lowest BCUT2D eigenvalue weighted by Gasteiger charge is -2.16. The maximum Gasteiger partial charge on any atom is 0.244 e. The Hall–Kier alpha value is -0.780. The van der Waals surface area contributed by atoms with Gasteiger partial charge in [0.15, 0.2) is 0 Å². The van der Waals surface area contributed by atoms with Gasteiger partial charge in [-0.25, -0.2) is 0 Å². The van der Waals surface area contributed by atoms with Crippen molar-refractivity contribution in [1.29, 1.82) is 0 Å². The molecule has 1 aromatic heterocycles. The summed E-state index contributed by atoms with van der Waals surface area (Å²) in [5, 5.41) is 10.3. The zero-order valence-electron chi connectivity index (χ0n) is 9.63. The third-order valence-corrected chi connectivity index (χ3v) is 2.71. The number of rotatable bonds is 3. The minimum atomic E-state index is -0.236. The van der Waals surface area contributed by atoms with Gasteiger partial charge in [-0.05, 0) is 26.0 Å². The van der Waals surface area contributed by atoms with Crippen molar-refractivity contribution in [2.24, 2.45) is 0 Å². The van der Waals surface area contributed by atoms with Gasteiger partial charge in [-0.2, -0.15) is 5.10 Å². The van der Waals surface area contributed by atoms with E-state index in [4.69, 9.17) is 0 Å². The first-order valence-electron chi connectivity index (χ1n) is 5.27. The van der Waals surface area contributed by atoms with Gasteiger partial charge in [0, 0.05) is 25.0 Å². The predicted molar refractivity (Wildman–Crippen MR) is 70.9 cm³/mol. The maximum atomic E-state index is 11.8. The summed E-state index contributed by atoms with van der Waals surface area (Å²) in [6.45, 7) is 3.71. The van der Waals surface area contributed by atoms with Crippen LogP contribution >= 0.6 is 24.8 Å². The van der Waals surface area contributed by atoms with Gasteiger partial charge in [0.05, 0.1) is 0 Å². The zero-order chi connectivity index (χ0) is 10.7. The minimum Gasteiger partial charge on any atom is -0.350 e. The molecule has 0 bridgehead atoms. The summed E-state index contributed by atoms with van der Waals surface area (Å²) in [5.74, 6) is 0.0346. The smallest absolute Gasteiger partial charge is 0.244 e. The van der Waals surface area contributed by atoms with E-state index in [2.05, 4.69) is 15.7 Å². The second kappa shape index (κ2) is 7.53. The number of aromatic nitrogens is 2. The highest BCUT2D eigenvalue weighted by molar-refractivity contribution is 5.85. The SMILES string of the molecule is CC(C(=O)NC1CCNC1)n1cccn1.Cl.Cl. The molecule has 1 aliphatic rings. The number of carbonyl (C=O) groups excluding carboxylic acids is 1. The molecule has 1 aliphatic heterocycles. The minimum absolute atomic E-state index is 0. The van der Waals surface area contributed by atoms with Gasteiger partial charge in [0.1, 0.15) is 6.04 Å². The van der Waals surface area contributed by atoms with E-state index in [1.807, 2.05) is 13.0 Å². The predicted octanol–water partition coefficient (Wildman–Crippen LogP) is 0.766. The van der Waals surface area contributed by atoms with Crippen molar-refractivity contribution in [3.05, 3.63) is 18.5 Å². The highest BCUT2D eigenvalue weighted by Gasteiger charge is 2.21. The number of nitrogens with zero attached hydrogens (tertiary/aromatic N) is 2. The fourth-order valence-corrected chi connectivity index (χ4v) is 1.73. The van der Waals surface area contributed by atoms with Crippen molar-refractivity contribution in [1.82, 2.24) is 20.4 Å². The van der Waals surface area contributed by atoms with Crippen LogP contribution in [0.1, 0.15) is 19.4 Å². The first-order chi connectivity index (χ1) is 7.27. The van der Waals surface area contributed by atoms with Crippen molar-refractivity contribution < 1.29 is 4.79 Å². The van der Waals surface area contributed by atoms with Gasteiger partial charge in [0.25, 0.3) is 0 Å². The lowest BCUT2D eigenvalue weighted by atomic mass is 10.2. The average molecular weight is 281 g/mol. The summed E-state index contributed by atoms with van der Waals surface area (Å²) in [7, 11) is 0. The van der Waals surface area contributed by atoms with Crippen LogP contribution in [-0.2, 0) is 4.79 Å². The molecule has 2 N–H and O–H groups in total. The third-order valence-electron chi connectivity index (χ3n) is 2.71. The Morgan fingerprint density at radius 2 is 2.35 bits per heavy atom. The molecule has 0 saturated carbocycles. The first kappa shape index (κ1) is 16.2. The maximum absolute atomic E-state index is 11.8. The summed E-state index contributed by atoms with van der Waals surface area (Å²) in [4.78, 5) is 11.8. The molecule has 7 heteroatoms. The van der Waals surface area contributed by atoms with Crippen LogP contribution in [0.15, 0.2) is 18.5 Å². The van der Waals surface area contributed by atoms with Crippen LogP contribution in [0.4, 0.5) is 0 Å². The summed E-state index contributed by atoms with van der Waals surface area (Å²) < 4.78 is 1.66. The molecule has 2 unspecified atom stereocenters. The summed E-state index contributed by atoms with van der Waals surface area (Å²) in [5.41, 5.74) is 0. The van der Waals surface area contributed by atoms with Crippen molar-refractivity contribution in [2.75, 3.05) is 13.1 Å². The Balaban J connectivity index is 0.00000128. The number of halogens is 2. The average Bonchev–Trinajstić information content (AvgIpc) is 2.88. The van der Waals surface area contributed by atoms with Crippen LogP contribution in [0.25, 0.3) is 0 Å². The zero-order valence-corrected chi connectivity index (χ0v) is 11.3. The molecule has 1 fully saturated rings. The number of hydrogen-bond donors (Lipinski definition) is 2. The topological polar surface area (TPSA) is 59.0 Å². The number of carbonyl (C=O) groups is 1. The van der Waals surface area contributed by atoms with Crippen LogP contribution in [-0.4, -0.2) is 34.8 Å². The van der Waals surface area contributed by atoms with Crippen LogP contribution in [0, 0.1) is 0 Å². The van der Waals surface area contributed by atoms with Gasteiger partial charge >= 0.3 is 0 Å². The van der Waals surface area contributed by atoms with Crippen molar-refractivity contribution in [2.45, 2.75) is 25.4 Å². The molecule has 5 nitrogen and oxygen atoms in total. The molecule has 1 amide bonds. The lowest BCUT2D eigenvalue weighted by Crippen LogP contribution is -2.40. The quantitative estimate of drug-likeness (QED) is 0.860. The standard InChI is InChI=1S/C10H16N4O.2ClH/c1-8(14-6-2-4-12-14)10(15)13-9-3-5-11-7-9;;/h2,4,6,8-9,11H,3,5,7H2,1H3,(H,13,15);2*1H. The molecule has 1 aromatic rings. The Labute approximate surface area is 113 Å². The molecule has 2 heterocycles. The van der Waals surface area contributed by atoms with Gasteiger partial charge in [0.2, 0.25) is 5.91 Å². The number of amides is 1. The lowest BCUT2D eigenvalue weighted by molar-refractivity contribution is -0.124. The van der Waals surface area contributed by atoms with E-state index in [0.29, 0.717) is 0 Å². The van der Waals surface area contributed by atoms with Gasteiger partial charge < -0.3 is 10.6 Å². The fourth-order valence-electron chi connectivity index (χ4n) is 1.73. The summed E-state index contributed by atoms with van der Waals surface area (Å²) >= 11 is 0. The molecule has 2 atom stereocenters.